The average Bonchev–Trinajstić information content (AvgIpc) is 3.03. The summed E-state index contributed by atoms with van der Waals surface area (Å²) in [4.78, 5) is 14.8. The Labute approximate surface area is 198 Å². The lowest BCUT2D eigenvalue weighted by Crippen LogP contribution is -2.21. The molecule has 0 spiro atoms. The summed E-state index contributed by atoms with van der Waals surface area (Å²) in [5.41, 5.74) is 2.85. The first-order chi connectivity index (χ1) is 16.1. The van der Waals surface area contributed by atoms with Crippen LogP contribution in [0, 0.1) is 0 Å². The average molecular weight is 468 g/mol. The third kappa shape index (κ3) is 5.42. The summed E-state index contributed by atoms with van der Waals surface area (Å²) >= 11 is 1.35. The fourth-order valence-electron chi connectivity index (χ4n) is 3.67. The number of nitrogens with one attached hydrogen (secondary N) is 1. The van der Waals surface area contributed by atoms with Crippen molar-refractivity contribution in [2.45, 2.75) is 25.4 Å². The molecule has 1 amide bonds. The molecule has 9 heteroatoms. The van der Waals surface area contributed by atoms with Crippen LogP contribution in [0.15, 0.2) is 47.6 Å². The normalized spacial score (nSPS) is 12.8. The molecule has 0 unspecified atom stereocenters. The number of hydrogen-bond donors (Lipinski definition) is 1. The van der Waals surface area contributed by atoms with Crippen molar-refractivity contribution < 1.29 is 14.3 Å². The van der Waals surface area contributed by atoms with Crippen LogP contribution in [0.2, 0.25) is 0 Å². The highest BCUT2D eigenvalue weighted by molar-refractivity contribution is 7.99. The minimum atomic E-state index is -0.123. The molecule has 1 aromatic heterocycles. The highest BCUT2D eigenvalue weighted by Crippen LogP contribution is 2.32. The van der Waals surface area contributed by atoms with Gasteiger partial charge in [0.15, 0.2) is 22.5 Å². The van der Waals surface area contributed by atoms with Crippen molar-refractivity contribution in [3.05, 3.63) is 42.5 Å². The van der Waals surface area contributed by atoms with E-state index in [0.29, 0.717) is 35.6 Å². The number of benzene rings is 2. The molecule has 0 saturated carbocycles. The molecule has 4 rings (SSSR count). The minimum absolute atomic E-state index is 0.123. The Morgan fingerprint density at radius 3 is 2.52 bits per heavy atom. The van der Waals surface area contributed by atoms with Crippen molar-refractivity contribution in [3.8, 4) is 22.9 Å². The first kappa shape index (κ1) is 23.0. The summed E-state index contributed by atoms with van der Waals surface area (Å²) in [6.45, 7) is 7.47. The summed E-state index contributed by atoms with van der Waals surface area (Å²) < 4.78 is 13.2. The molecule has 3 aromatic rings. The van der Waals surface area contributed by atoms with Crippen molar-refractivity contribution >= 4 is 29.0 Å². The number of nitrogens with zero attached hydrogens (tertiary/aromatic N) is 4. The SMILES string of the molecule is CCN(CC)c1ccc(-c2nnc(SCC(=O)Nc3ccc4c(c3)OCCCO4)n2C)cc1. The van der Waals surface area contributed by atoms with Crippen molar-refractivity contribution in [1.82, 2.24) is 14.8 Å². The molecule has 0 fully saturated rings. The summed E-state index contributed by atoms with van der Waals surface area (Å²) in [6.07, 6.45) is 0.840. The number of fused-ring (bicyclic) bond motifs is 1. The van der Waals surface area contributed by atoms with Crippen LogP contribution in [0.3, 0.4) is 0 Å². The van der Waals surface area contributed by atoms with Crippen LogP contribution in [-0.4, -0.2) is 52.7 Å². The van der Waals surface area contributed by atoms with Gasteiger partial charge in [0.1, 0.15) is 0 Å². The molecule has 0 bridgehead atoms. The van der Waals surface area contributed by atoms with Crippen LogP contribution < -0.4 is 19.7 Å². The Morgan fingerprint density at radius 2 is 1.79 bits per heavy atom. The van der Waals surface area contributed by atoms with Gasteiger partial charge in [0.25, 0.3) is 0 Å². The highest BCUT2D eigenvalue weighted by atomic mass is 32.2. The van der Waals surface area contributed by atoms with Gasteiger partial charge in [-0.05, 0) is 50.2 Å². The van der Waals surface area contributed by atoms with Crippen molar-refractivity contribution in [1.29, 1.82) is 0 Å². The second-order valence-corrected chi connectivity index (χ2v) is 8.58. The van der Waals surface area contributed by atoms with Crippen LogP contribution >= 0.6 is 11.8 Å². The molecular weight excluding hydrogens is 438 g/mol. The van der Waals surface area contributed by atoms with Gasteiger partial charge in [-0.2, -0.15) is 0 Å². The Balaban J connectivity index is 1.37. The third-order valence-electron chi connectivity index (χ3n) is 5.45. The van der Waals surface area contributed by atoms with Crippen LogP contribution in [0.1, 0.15) is 20.3 Å². The summed E-state index contributed by atoms with van der Waals surface area (Å²) in [5.74, 6) is 2.23. The number of amides is 1. The Hall–Kier alpha value is -3.20. The van der Waals surface area contributed by atoms with Gasteiger partial charge in [0.05, 0.1) is 19.0 Å². The molecule has 0 radical (unpaired) electrons. The van der Waals surface area contributed by atoms with Gasteiger partial charge >= 0.3 is 0 Å². The van der Waals surface area contributed by atoms with Gasteiger partial charge in [0.2, 0.25) is 5.91 Å². The van der Waals surface area contributed by atoms with E-state index >= 15 is 0 Å². The van der Waals surface area contributed by atoms with Crippen LogP contribution in [-0.2, 0) is 11.8 Å². The van der Waals surface area contributed by atoms with E-state index < -0.39 is 0 Å². The maximum Gasteiger partial charge on any atom is 0.234 e. The van der Waals surface area contributed by atoms with E-state index in [2.05, 4.69) is 58.5 Å². The zero-order valence-corrected chi connectivity index (χ0v) is 20.0. The van der Waals surface area contributed by atoms with Crippen LogP contribution in [0.25, 0.3) is 11.4 Å². The molecule has 8 nitrogen and oxygen atoms in total. The zero-order valence-electron chi connectivity index (χ0n) is 19.2. The molecule has 0 aliphatic carbocycles. The van der Waals surface area contributed by atoms with Crippen molar-refractivity contribution in [2.24, 2.45) is 7.05 Å². The number of aromatic nitrogens is 3. The minimum Gasteiger partial charge on any atom is -0.490 e. The largest absolute Gasteiger partial charge is 0.490 e. The standard InChI is InChI=1S/C24H29N5O3S/c1-4-29(5-2)19-10-7-17(8-11-19)23-26-27-24(28(23)3)33-16-22(30)25-18-9-12-20-21(15-18)32-14-6-13-31-20/h7-12,15H,4-6,13-14,16H2,1-3H3,(H,25,30). The van der Waals surface area contributed by atoms with Crippen LogP contribution in [0.4, 0.5) is 11.4 Å². The van der Waals surface area contributed by atoms with Gasteiger partial charge < -0.3 is 24.3 Å². The van der Waals surface area contributed by atoms with Crippen LogP contribution in [0.5, 0.6) is 11.5 Å². The Bertz CT molecular complexity index is 1100. The van der Waals surface area contributed by atoms with E-state index in [1.54, 1.807) is 6.07 Å². The number of thioether (sulfide) groups is 1. The maximum absolute atomic E-state index is 12.5. The van der Waals surface area contributed by atoms with Crippen molar-refractivity contribution in [3.63, 3.8) is 0 Å². The van der Waals surface area contributed by atoms with Gasteiger partial charge in [-0.15, -0.1) is 10.2 Å². The monoisotopic (exact) mass is 467 g/mol. The lowest BCUT2D eigenvalue weighted by atomic mass is 10.2. The lowest BCUT2D eigenvalue weighted by Gasteiger charge is -2.21. The first-order valence-corrected chi connectivity index (χ1v) is 12.1. The second-order valence-electron chi connectivity index (χ2n) is 7.63. The van der Waals surface area contributed by atoms with E-state index in [4.69, 9.17) is 9.47 Å². The fourth-order valence-corrected chi connectivity index (χ4v) is 4.38. The maximum atomic E-state index is 12.5. The van der Waals surface area contributed by atoms with E-state index in [0.717, 1.165) is 30.9 Å². The topological polar surface area (TPSA) is 81.5 Å². The summed E-state index contributed by atoms with van der Waals surface area (Å²) in [6, 6.07) is 13.8. The predicted molar refractivity (Wildman–Crippen MR) is 131 cm³/mol. The summed E-state index contributed by atoms with van der Waals surface area (Å²) in [7, 11) is 1.91. The quantitative estimate of drug-likeness (QED) is 0.497. The molecule has 2 aromatic carbocycles. The van der Waals surface area contributed by atoms with Gasteiger partial charge in [-0.25, -0.2) is 0 Å². The molecule has 1 aliphatic rings. The molecular formula is C24H29N5O3S. The number of carbonyl (C=O) groups excluding carboxylic acids is 1. The number of rotatable bonds is 8. The van der Waals surface area contributed by atoms with Gasteiger partial charge in [-0.3, -0.25) is 4.79 Å². The molecule has 1 aliphatic heterocycles. The second kappa shape index (κ2) is 10.6. The number of ether oxygens (including phenoxy) is 2. The lowest BCUT2D eigenvalue weighted by molar-refractivity contribution is -0.113. The van der Waals surface area contributed by atoms with Gasteiger partial charge in [-0.1, -0.05) is 11.8 Å². The number of anilines is 2. The Morgan fingerprint density at radius 1 is 1.06 bits per heavy atom. The van der Waals surface area contributed by atoms with E-state index in [-0.39, 0.29) is 11.7 Å². The molecule has 174 valence electrons. The Kier molecular flexibility index (Phi) is 7.39. The number of hydrogen-bond acceptors (Lipinski definition) is 7. The number of carbonyl (C=O) groups is 1. The predicted octanol–water partition coefficient (Wildman–Crippen LogP) is 4.22. The fraction of sp³-hybridized carbons (Fsp3) is 0.375. The summed E-state index contributed by atoms with van der Waals surface area (Å²) in [5, 5.41) is 12.2. The zero-order chi connectivity index (χ0) is 23.2. The smallest absolute Gasteiger partial charge is 0.234 e. The molecule has 1 N–H and O–H groups in total. The molecule has 33 heavy (non-hydrogen) atoms. The van der Waals surface area contributed by atoms with E-state index in [1.165, 1.54) is 17.4 Å². The van der Waals surface area contributed by atoms with E-state index in [9.17, 15) is 4.79 Å². The first-order valence-electron chi connectivity index (χ1n) is 11.2. The third-order valence-corrected chi connectivity index (χ3v) is 6.47. The molecule has 2 heterocycles. The molecule has 0 atom stereocenters. The van der Waals surface area contributed by atoms with E-state index in [1.807, 2.05) is 23.7 Å². The molecule has 0 saturated heterocycles. The highest BCUT2D eigenvalue weighted by Gasteiger charge is 2.15. The van der Waals surface area contributed by atoms with Gasteiger partial charge in [0, 0.05) is 49.6 Å². The van der Waals surface area contributed by atoms with Crippen molar-refractivity contribution in [2.75, 3.05) is 42.3 Å².